The van der Waals surface area contributed by atoms with E-state index in [0.717, 1.165) is 0 Å². The standard InChI is InChI=1S/C10H19NO6/c1-10(2)7(14-3)5(12)6(16-9(11)13)8(15-4)17-10/h5-8,12H,1-4H3,(H2,11,13)/t5-,6+,7-,8?/m1/s1. The SMILES string of the molecule is COC1OC(C)(C)[C@H](OC)[C@H](O)[C@@H]1OC(N)=O. The van der Waals surface area contributed by atoms with E-state index in [1.54, 1.807) is 13.8 Å². The summed E-state index contributed by atoms with van der Waals surface area (Å²) in [5.41, 5.74) is 4.16. The fourth-order valence-electron chi connectivity index (χ4n) is 2.04. The molecule has 1 unspecified atom stereocenters. The molecule has 7 nitrogen and oxygen atoms in total. The molecule has 1 heterocycles. The molecule has 0 aromatic heterocycles. The highest BCUT2D eigenvalue weighted by Crippen LogP contribution is 2.32. The Morgan fingerprint density at radius 3 is 2.35 bits per heavy atom. The quantitative estimate of drug-likeness (QED) is 0.706. The lowest BCUT2D eigenvalue weighted by atomic mass is 9.89. The Kier molecular flexibility index (Phi) is 4.31. The van der Waals surface area contributed by atoms with Crippen molar-refractivity contribution in [1.82, 2.24) is 0 Å². The van der Waals surface area contributed by atoms with Crippen molar-refractivity contribution in [3.05, 3.63) is 0 Å². The minimum Gasteiger partial charge on any atom is -0.438 e. The minimum absolute atomic E-state index is 0.654. The summed E-state index contributed by atoms with van der Waals surface area (Å²) >= 11 is 0. The molecule has 0 radical (unpaired) electrons. The number of hydrogen-bond donors (Lipinski definition) is 2. The smallest absolute Gasteiger partial charge is 0.405 e. The normalized spacial score (nSPS) is 36.5. The third-order valence-electron chi connectivity index (χ3n) is 2.76. The number of carbonyl (C=O) groups excluding carboxylic acids is 1. The molecule has 17 heavy (non-hydrogen) atoms. The predicted molar refractivity (Wildman–Crippen MR) is 57.2 cm³/mol. The van der Waals surface area contributed by atoms with Crippen molar-refractivity contribution in [2.24, 2.45) is 5.73 Å². The van der Waals surface area contributed by atoms with Crippen LogP contribution in [0.3, 0.4) is 0 Å². The Morgan fingerprint density at radius 2 is 1.94 bits per heavy atom. The Balaban J connectivity index is 2.92. The van der Waals surface area contributed by atoms with Crippen LogP contribution in [0.25, 0.3) is 0 Å². The Morgan fingerprint density at radius 1 is 1.35 bits per heavy atom. The monoisotopic (exact) mass is 249 g/mol. The minimum atomic E-state index is -1.08. The number of methoxy groups -OCH3 is 2. The van der Waals surface area contributed by atoms with Crippen LogP contribution in [-0.4, -0.2) is 55.6 Å². The Bertz CT molecular complexity index is 282. The Hall–Kier alpha value is -0.890. The van der Waals surface area contributed by atoms with Gasteiger partial charge in [0, 0.05) is 14.2 Å². The van der Waals surface area contributed by atoms with E-state index in [0.29, 0.717) is 0 Å². The van der Waals surface area contributed by atoms with Crippen molar-refractivity contribution < 1.29 is 28.8 Å². The second-order valence-electron chi connectivity index (χ2n) is 4.37. The highest BCUT2D eigenvalue weighted by atomic mass is 16.7. The van der Waals surface area contributed by atoms with Gasteiger partial charge in [0.1, 0.15) is 12.2 Å². The van der Waals surface area contributed by atoms with Crippen molar-refractivity contribution >= 4 is 6.09 Å². The van der Waals surface area contributed by atoms with Crippen molar-refractivity contribution in [2.75, 3.05) is 14.2 Å². The van der Waals surface area contributed by atoms with E-state index in [4.69, 9.17) is 24.7 Å². The van der Waals surface area contributed by atoms with Gasteiger partial charge in [-0.25, -0.2) is 4.79 Å². The van der Waals surface area contributed by atoms with Crippen LogP contribution in [0.4, 0.5) is 4.79 Å². The molecule has 0 spiro atoms. The lowest BCUT2D eigenvalue weighted by Gasteiger charge is -2.47. The van der Waals surface area contributed by atoms with Crippen LogP contribution in [0.15, 0.2) is 0 Å². The van der Waals surface area contributed by atoms with E-state index in [1.165, 1.54) is 14.2 Å². The highest BCUT2D eigenvalue weighted by molar-refractivity contribution is 5.64. The molecule has 0 aromatic rings. The van der Waals surface area contributed by atoms with Crippen LogP contribution in [0.5, 0.6) is 0 Å². The molecule has 0 bridgehead atoms. The van der Waals surface area contributed by atoms with E-state index >= 15 is 0 Å². The second-order valence-corrected chi connectivity index (χ2v) is 4.37. The summed E-state index contributed by atoms with van der Waals surface area (Å²) < 4.78 is 20.6. The molecular formula is C10H19NO6. The molecule has 1 fully saturated rings. The largest absolute Gasteiger partial charge is 0.438 e. The summed E-state index contributed by atoms with van der Waals surface area (Å²) in [6.07, 6.45) is -4.65. The average molecular weight is 249 g/mol. The number of amides is 1. The summed E-state index contributed by atoms with van der Waals surface area (Å²) in [5.74, 6) is 0. The van der Waals surface area contributed by atoms with Gasteiger partial charge in [0.2, 0.25) is 0 Å². The molecule has 1 aliphatic heterocycles. The molecule has 7 heteroatoms. The number of carbonyl (C=O) groups is 1. The maximum absolute atomic E-state index is 10.8. The average Bonchev–Trinajstić information content (AvgIpc) is 2.21. The molecule has 1 amide bonds. The van der Waals surface area contributed by atoms with Crippen molar-refractivity contribution in [3.8, 4) is 0 Å². The van der Waals surface area contributed by atoms with Crippen LogP contribution in [-0.2, 0) is 18.9 Å². The van der Waals surface area contributed by atoms with E-state index < -0.39 is 36.3 Å². The Labute approximate surface area is 99.8 Å². The van der Waals surface area contributed by atoms with Crippen molar-refractivity contribution in [3.63, 3.8) is 0 Å². The number of ether oxygens (including phenoxy) is 4. The molecule has 4 atom stereocenters. The number of aliphatic hydroxyl groups excluding tert-OH is 1. The molecule has 0 saturated carbocycles. The zero-order valence-electron chi connectivity index (χ0n) is 10.4. The predicted octanol–water partition coefficient (Wildman–Crippen LogP) is -0.392. The molecular weight excluding hydrogens is 230 g/mol. The van der Waals surface area contributed by atoms with Gasteiger partial charge in [-0.15, -0.1) is 0 Å². The first-order valence-corrected chi connectivity index (χ1v) is 5.21. The molecule has 1 rings (SSSR count). The first kappa shape index (κ1) is 14.2. The maximum Gasteiger partial charge on any atom is 0.405 e. The summed E-state index contributed by atoms with van der Waals surface area (Å²) in [5, 5.41) is 10.1. The first-order valence-electron chi connectivity index (χ1n) is 5.21. The lowest BCUT2D eigenvalue weighted by molar-refractivity contribution is -0.319. The fourth-order valence-corrected chi connectivity index (χ4v) is 2.04. The zero-order chi connectivity index (χ0) is 13.2. The first-order chi connectivity index (χ1) is 7.83. The summed E-state index contributed by atoms with van der Waals surface area (Å²) in [4.78, 5) is 10.8. The van der Waals surface area contributed by atoms with Gasteiger partial charge in [0.05, 0.1) is 5.60 Å². The molecule has 1 aliphatic rings. The maximum atomic E-state index is 10.8. The third kappa shape index (κ3) is 2.86. The van der Waals surface area contributed by atoms with Gasteiger partial charge in [-0.1, -0.05) is 0 Å². The van der Waals surface area contributed by atoms with Gasteiger partial charge in [-0.3, -0.25) is 0 Å². The summed E-state index contributed by atoms with van der Waals surface area (Å²) in [7, 11) is 2.82. The highest BCUT2D eigenvalue weighted by Gasteiger charge is 2.51. The molecule has 100 valence electrons. The third-order valence-corrected chi connectivity index (χ3v) is 2.76. The number of nitrogens with two attached hydrogens (primary N) is 1. The van der Waals surface area contributed by atoms with E-state index in [9.17, 15) is 9.90 Å². The van der Waals surface area contributed by atoms with Crippen molar-refractivity contribution in [2.45, 2.75) is 44.1 Å². The van der Waals surface area contributed by atoms with Crippen molar-refractivity contribution in [1.29, 1.82) is 0 Å². The molecule has 0 aromatic carbocycles. The van der Waals surface area contributed by atoms with Crippen LogP contribution in [0.1, 0.15) is 13.8 Å². The number of primary amides is 1. The van der Waals surface area contributed by atoms with E-state index in [1.807, 2.05) is 0 Å². The lowest BCUT2D eigenvalue weighted by Crippen LogP contribution is -2.64. The number of hydrogen-bond acceptors (Lipinski definition) is 6. The van der Waals surface area contributed by atoms with E-state index in [-0.39, 0.29) is 0 Å². The van der Waals surface area contributed by atoms with Crippen LogP contribution >= 0.6 is 0 Å². The van der Waals surface area contributed by atoms with Crippen LogP contribution in [0.2, 0.25) is 0 Å². The zero-order valence-corrected chi connectivity index (χ0v) is 10.4. The van der Waals surface area contributed by atoms with Crippen LogP contribution < -0.4 is 5.73 Å². The molecule has 3 N–H and O–H groups in total. The number of aliphatic hydroxyl groups is 1. The van der Waals surface area contributed by atoms with Gasteiger partial charge < -0.3 is 29.8 Å². The molecule has 0 aliphatic carbocycles. The fraction of sp³-hybridized carbons (Fsp3) is 0.900. The van der Waals surface area contributed by atoms with Crippen LogP contribution in [0, 0.1) is 0 Å². The van der Waals surface area contributed by atoms with E-state index in [2.05, 4.69) is 0 Å². The van der Waals surface area contributed by atoms with Gasteiger partial charge in [0.25, 0.3) is 0 Å². The summed E-state index contributed by atoms with van der Waals surface area (Å²) in [6.45, 7) is 3.49. The second kappa shape index (κ2) is 5.18. The van der Waals surface area contributed by atoms with Gasteiger partial charge in [0.15, 0.2) is 12.4 Å². The van der Waals surface area contributed by atoms with Gasteiger partial charge in [-0.2, -0.15) is 0 Å². The summed E-state index contributed by atoms with van der Waals surface area (Å²) in [6, 6.07) is 0. The number of rotatable bonds is 3. The topological polar surface area (TPSA) is 100 Å². The van der Waals surface area contributed by atoms with Gasteiger partial charge in [-0.05, 0) is 13.8 Å². The van der Waals surface area contributed by atoms with Gasteiger partial charge >= 0.3 is 6.09 Å². The molecule has 1 saturated heterocycles.